The highest BCUT2D eigenvalue weighted by Gasteiger charge is 2.40. The molecule has 5 nitrogen and oxygen atoms in total. The molecule has 4 atom stereocenters. The largest absolute Gasteiger partial charge is 0.396 e. The van der Waals surface area contributed by atoms with Gasteiger partial charge in [0.2, 0.25) is 0 Å². The molecule has 1 aliphatic carbocycles. The van der Waals surface area contributed by atoms with Crippen LogP contribution in [0.2, 0.25) is 0 Å². The van der Waals surface area contributed by atoms with Crippen molar-refractivity contribution in [2.75, 3.05) is 13.7 Å². The highest BCUT2D eigenvalue weighted by atomic mass is 16.3. The van der Waals surface area contributed by atoms with Crippen LogP contribution in [-0.4, -0.2) is 53.9 Å². The maximum Gasteiger partial charge on any atom is 0.315 e. The first kappa shape index (κ1) is 16.1. The van der Waals surface area contributed by atoms with Gasteiger partial charge >= 0.3 is 6.03 Å². The molecule has 1 saturated carbocycles. The number of fused-ring (bicyclic) bond motifs is 2. The first-order chi connectivity index (χ1) is 10.5. The average molecular weight is 309 g/mol. The Morgan fingerprint density at radius 1 is 1.18 bits per heavy atom. The van der Waals surface area contributed by atoms with Crippen LogP contribution < -0.4 is 10.6 Å². The number of nitrogens with zero attached hydrogens (tertiary/aromatic N) is 1. The Balaban J connectivity index is 1.52. The van der Waals surface area contributed by atoms with Gasteiger partial charge in [-0.05, 0) is 45.6 Å². The lowest BCUT2D eigenvalue weighted by Crippen LogP contribution is -2.57. The highest BCUT2D eigenvalue weighted by molar-refractivity contribution is 5.74. The molecule has 22 heavy (non-hydrogen) atoms. The van der Waals surface area contributed by atoms with E-state index >= 15 is 0 Å². The number of piperidine rings is 2. The zero-order valence-electron chi connectivity index (χ0n) is 14.0. The summed E-state index contributed by atoms with van der Waals surface area (Å²) < 4.78 is 0. The molecule has 2 amide bonds. The number of aliphatic hydroxyl groups is 1. The molecular weight excluding hydrogens is 278 g/mol. The van der Waals surface area contributed by atoms with Gasteiger partial charge in [-0.25, -0.2) is 4.79 Å². The molecular formula is C17H31N3O2. The van der Waals surface area contributed by atoms with Gasteiger partial charge in [0.15, 0.2) is 0 Å². The Morgan fingerprint density at radius 3 is 2.50 bits per heavy atom. The van der Waals surface area contributed by atoms with Crippen molar-refractivity contribution in [1.82, 2.24) is 15.5 Å². The molecule has 2 saturated heterocycles. The molecule has 2 bridgehead atoms. The van der Waals surface area contributed by atoms with Gasteiger partial charge in [0.05, 0.1) is 6.61 Å². The van der Waals surface area contributed by atoms with E-state index in [9.17, 15) is 9.90 Å². The van der Waals surface area contributed by atoms with Gasteiger partial charge in [-0.15, -0.1) is 0 Å². The summed E-state index contributed by atoms with van der Waals surface area (Å²) in [6.07, 6.45) is 9.05. The second kappa shape index (κ2) is 6.36. The molecule has 0 aromatic carbocycles. The SMILES string of the molecule is CN1C2CCCC1CC(NC(=O)NC1CCCC1(C)CO)C2. The third-order valence-corrected chi connectivity index (χ3v) is 6.42. The number of urea groups is 1. The van der Waals surface area contributed by atoms with Crippen molar-refractivity contribution in [3.05, 3.63) is 0 Å². The molecule has 3 N–H and O–H groups in total. The first-order valence-corrected chi connectivity index (χ1v) is 8.91. The fourth-order valence-corrected chi connectivity index (χ4v) is 4.79. The Labute approximate surface area is 133 Å². The molecule has 3 aliphatic rings. The summed E-state index contributed by atoms with van der Waals surface area (Å²) in [5, 5.41) is 15.9. The number of rotatable bonds is 3. The summed E-state index contributed by atoms with van der Waals surface area (Å²) >= 11 is 0. The van der Waals surface area contributed by atoms with E-state index in [1.165, 1.54) is 19.3 Å². The molecule has 3 rings (SSSR count). The van der Waals surface area contributed by atoms with Crippen molar-refractivity contribution in [3.8, 4) is 0 Å². The monoisotopic (exact) mass is 309 g/mol. The highest BCUT2D eigenvalue weighted by Crippen LogP contribution is 2.37. The Kier molecular flexibility index (Phi) is 4.64. The van der Waals surface area contributed by atoms with Crippen molar-refractivity contribution in [1.29, 1.82) is 0 Å². The smallest absolute Gasteiger partial charge is 0.315 e. The van der Waals surface area contributed by atoms with Gasteiger partial charge in [-0.1, -0.05) is 19.8 Å². The van der Waals surface area contributed by atoms with Crippen LogP contribution in [0.1, 0.15) is 58.3 Å². The van der Waals surface area contributed by atoms with Crippen LogP contribution in [0.15, 0.2) is 0 Å². The summed E-state index contributed by atoms with van der Waals surface area (Å²) in [5.74, 6) is 0. The number of amides is 2. The predicted octanol–water partition coefficient (Wildman–Crippen LogP) is 1.85. The van der Waals surface area contributed by atoms with Gasteiger partial charge in [0.25, 0.3) is 0 Å². The van der Waals surface area contributed by atoms with E-state index in [-0.39, 0.29) is 24.1 Å². The zero-order valence-corrected chi connectivity index (χ0v) is 14.0. The minimum atomic E-state index is -0.152. The van der Waals surface area contributed by atoms with E-state index < -0.39 is 0 Å². The first-order valence-electron chi connectivity index (χ1n) is 8.91. The number of carbonyl (C=O) groups is 1. The van der Waals surface area contributed by atoms with Crippen LogP contribution in [0.4, 0.5) is 4.79 Å². The van der Waals surface area contributed by atoms with Gasteiger partial charge in [-0.3, -0.25) is 0 Å². The molecule has 2 aliphatic heterocycles. The molecule has 0 aromatic rings. The number of nitrogens with one attached hydrogen (secondary N) is 2. The minimum Gasteiger partial charge on any atom is -0.396 e. The number of hydrogen-bond acceptors (Lipinski definition) is 3. The van der Waals surface area contributed by atoms with Crippen LogP contribution in [0.5, 0.6) is 0 Å². The number of aliphatic hydroxyl groups excluding tert-OH is 1. The van der Waals surface area contributed by atoms with E-state index in [0.717, 1.165) is 32.1 Å². The average Bonchev–Trinajstić information content (AvgIpc) is 2.82. The summed E-state index contributed by atoms with van der Waals surface area (Å²) in [6, 6.07) is 1.62. The quantitative estimate of drug-likeness (QED) is 0.745. The normalized spacial score (nSPS) is 42.1. The van der Waals surface area contributed by atoms with Crippen LogP contribution in [0.3, 0.4) is 0 Å². The van der Waals surface area contributed by atoms with Crippen LogP contribution in [0.25, 0.3) is 0 Å². The van der Waals surface area contributed by atoms with E-state index in [2.05, 4.69) is 29.5 Å². The third kappa shape index (κ3) is 3.11. The van der Waals surface area contributed by atoms with Gasteiger partial charge in [-0.2, -0.15) is 0 Å². The molecule has 2 heterocycles. The van der Waals surface area contributed by atoms with E-state index in [4.69, 9.17) is 0 Å². The molecule has 0 radical (unpaired) electrons. The van der Waals surface area contributed by atoms with Gasteiger partial charge < -0.3 is 20.6 Å². The Morgan fingerprint density at radius 2 is 1.86 bits per heavy atom. The second-order valence-electron chi connectivity index (χ2n) is 7.95. The van der Waals surface area contributed by atoms with Gasteiger partial charge in [0, 0.05) is 29.6 Å². The zero-order chi connectivity index (χ0) is 15.7. The third-order valence-electron chi connectivity index (χ3n) is 6.42. The minimum absolute atomic E-state index is 0.0424. The Hall–Kier alpha value is -0.810. The summed E-state index contributed by atoms with van der Waals surface area (Å²) in [6.45, 7) is 2.22. The molecule has 5 heteroatoms. The lowest BCUT2D eigenvalue weighted by Gasteiger charge is -2.47. The lowest BCUT2D eigenvalue weighted by molar-refractivity contribution is 0.0504. The molecule has 3 fully saturated rings. The lowest BCUT2D eigenvalue weighted by atomic mass is 9.82. The molecule has 126 valence electrons. The van der Waals surface area contributed by atoms with E-state index in [1.54, 1.807) is 0 Å². The second-order valence-corrected chi connectivity index (χ2v) is 7.95. The summed E-state index contributed by atoms with van der Waals surface area (Å²) in [5.41, 5.74) is -0.152. The van der Waals surface area contributed by atoms with E-state index in [1.807, 2.05) is 0 Å². The maximum atomic E-state index is 12.4. The number of hydrogen-bond donors (Lipinski definition) is 3. The molecule has 0 aromatic heterocycles. The van der Waals surface area contributed by atoms with Crippen molar-refractivity contribution in [2.45, 2.75) is 82.5 Å². The van der Waals surface area contributed by atoms with Crippen molar-refractivity contribution in [3.63, 3.8) is 0 Å². The summed E-state index contributed by atoms with van der Waals surface area (Å²) in [7, 11) is 2.23. The standard InChI is InChI=1S/C17H31N3O2/c1-17(11-21)8-4-7-15(17)19-16(22)18-12-9-13-5-3-6-14(10-12)20(13)2/h12-15,21H,3-11H2,1-2H3,(H2,18,19,22). The topological polar surface area (TPSA) is 64.6 Å². The fourth-order valence-electron chi connectivity index (χ4n) is 4.79. The maximum absolute atomic E-state index is 12.4. The van der Waals surface area contributed by atoms with Crippen molar-refractivity contribution in [2.24, 2.45) is 5.41 Å². The fraction of sp³-hybridized carbons (Fsp3) is 0.941. The van der Waals surface area contributed by atoms with Crippen LogP contribution >= 0.6 is 0 Å². The van der Waals surface area contributed by atoms with Crippen LogP contribution in [0, 0.1) is 5.41 Å². The van der Waals surface area contributed by atoms with Crippen molar-refractivity contribution >= 4 is 6.03 Å². The number of carbonyl (C=O) groups excluding carboxylic acids is 1. The van der Waals surface area contributed by atoms with Crippen molar-refractivity contribution < 1.29 is 9.90 Å². The summed E-state index contributed by atoms with van der Waals surface area (Å²) in [4.78, 5) is 14.9. The van der Waals surface area contributed by atoms with E-state index in [0.29, 0.717) is 18.1 Å². The predicted molar refractivity (Wildman–Crippen MR) is 86.7 cm³/mol. The molecule has 0 spiro atoms. The Bertz CT molecular complexity index is 403. The van der Waals surface area contributed by atoms with Gasteiger partial charge in [0.1, 0.15) is 0 Å². The van der Waals surface area contributed by atoms with Crippen LogP contribution in [-0.2, 0) is 0 Å². The molecule has 4 unspecified atom stereocenters.